The smallest absolute Gasteiger partial charge is 0.0710 e. The summed E-state index contributed by atoms with van der Waals surface area (Å²) in [5, 5.41) is 7.48. The van der Waals surface area contributed by atoms with Gasteiger partial charge in [0.15, 0.2) is 0 Å². The molecular formula is C9H16N4O. The number of nitrogens with one attached hydrogen (secondary N) is 1. The summed E-state index contributed by atoms with van der Waals surface area (Å²) in [7, 11) is 0. The molecule has 0 bridgehead atoms. The first-order valence-corrected chi connectivity index (χ1v) is 4.58. The molecular weight excluding hydrogens is 180 g/mol. The van der Waals surface area contributed by atoms with E-state index in [2.05, 4.69) is 15.6 Å². The molecule has 0 radical (unpaired) electrons. The van der Waals surface area contributed by atoms with E-state index in [1.807, 2.05) is 19.9 Å². The van der Waals surface area contributed by atoms with Crippen LogP contribution in [0.3, 0.4) is 0 Å². The molecule has 0 amide bonds. The van der Waals surface area contributed by atoms with Gasteiger partial charge in [0, 0.05) is 6.20 Å². The minimum Gasteiger partial charge on any atom is -0.377 e. The molecule has 5 nitrogen and oxygen atoms in total. The van der Waals surface area contributed by atoms with Gasteiger partial charge in [-0.15, -0.1) is 0 Å². The first-order chi connectivity index (χ1) is 6.74. The average molecular weight is 196 g/mol. The molecule has 0 fully saturated rings. The third-order valence-corrected chi connectivity index (χ3v) is 1.81. The van der Waals surface area contributed by atoms with Gasteiger partial charge in [-0.25, -0.2) is 0 Å². The number of nitrogens with two attached hydrogens (primary N) is 1. The molecule has 0 saturated heterocycles. The number of rotatable bonds is 5. The second-order valence-electron chi connectivity index (χ2n) is 3.28. The van der Waals surface area contributed by atoms with Gasteiger partial charge in [0.2, 0.25) is 0 Å². The summed E-state index contributed by atoms with van der Waals surface area (Å²) in [4.78, 5) is 0. The molecule has 5 heteroatoms. The summed E-state index contributed by atoms with van der Waals surface area (Å²) < 4.78 is 5.46. The summed E-state index contributed by atoms with van der Waals surface area (Å²) in [5.74, 6) is 5.41. The molecule has 1 rings (SSSR count). The van der Waals surface area contributed by atoms with Gasteiger partial charge in [-0.1, -0.05) is 0 Å². The monoisotopic (exact) mass is 196 g/mol. The minimum absolute atomic E-state index is 0.0344. The highest BCUT2D eigenvalue weighted by molar-refractivity contribution is 5.10. The van der Waals surface area contributed by atoms with Crippen molar-refractivity contribution >= 4 is 0 Å². The fourth-order valence-electron chi connectivity index (χ4n) is 1.04. The summed E-state index contributed by atoms with van der Waals surface area (Å²) in [6.45, 7) is 4.50. The lowest BCUT2D eigenvalue weighted by Gasteiger charge is -2.17. The van der Waals surface area contributed by atoms with Crippen LogP contribution in [0.4, 0.5) is 0 Å². The molecule has 0 spiro atoms. The van der Waals surface area contributed by atoms with Crippen molar-refractivity contribution in [1.29, 1.82) is 0 Å². The molecule has 0 aliphatic heterocycles. The van der Waals surface area contributed by atoms with Gasteiger partial charge in [0.1, 0.15) is 0 Å². The van der Waals surface area contributed by atoms with Crippen molar-refractivity contribution in [1.82, 2.24) is 15.6 Å². The zero-order chi connectivity index (χ0) is 10.4. The minimum atomic E-state index is -0.0344. The van der Waals surface area contributed by atoms with Gasteiger partial charge in [-0.3, -0.25) is 11.3 Å². The van der Waals surface area contributed by atoms with E-state index in [1.54, 1.807) is 12.4 Å². The van der Waals surface area contributed by atoms with Crippen molar-refractivity contribution in [3.05, 3.63) is 24.0 Å². The van der Waals surface area contributed by atoms with Crippen LogP contribution in [0, 0.1) is 0 Å². The lowest BCUT2D eigenvalue weighted by Crippen LogP contribution is -2.32. The Labute approximate surface area is 83.6 Å². The molecule has 1 unspecified atom stereocenters. The molecule has 0 aromatic carbocycles. The molecule has 0 aliphatic carbocycles. The van der Waals surface area contributed by atoms with Gasteiger partial charge in [-0.2, -0.15) is 10.2 Å². The summed E-state index contributed by atoms with van der Waals surface area (Å²) in [6, 6.07) is 1.83. The third kappa shape index (κ3) is 3.37. The number of hydrogen-bond acceptors (Lipinski definition) is 5. The van der Waals surface area contributed by atoms with Crippen LogP contribution in [0.1, 0.15) is 25.5 Å². The van der Waals surface area contributed by atoms with Crippen molar-refractivity contribution in [2.45, 2.75) is 26.0 Å². The Hall–Kier alpha value is -1.04. The van der Waals surface area contributed by atoms with Crippen molar-refractivity contribution in [2.24, 2.45) is 5.84 Å². The second-order valence-corrected chi connectivity index (χ2v) is 3.28. The van der Waals surface area contributed by atoms with Gasteiger partial charge in [0.25, 0.3) is 0 Å². The number of hydrogen-bond donors (Lipinski definition) is 2. The van der Waals surface area contributed by atoms with Crippen LogP contribution < -0.4 is 11.3 Å². The Morgan fingerprint density at radius 3 is 2.79 bits per heavy atom. The topological polar surface area (TPSA) is 73.1 Å². The highest BCUT2D eigenvalue weighted by Crippen LogP contribution is 2.10. The average Bonchev–Trinajstić information content (AvgIpc) is 2.20. The maximum absolute atomic E-state index is 5.46. The Kier molecular flexibility index (Phi) is 4.45. The maximum atomic E-state index is 5.46. The van der Waals surface area contributed by atoms with E-state index in [9.17, 15) is 0 Å². The van der Waals surface area contributed by atoms with E-state index in [0.29, 0.717) is 6.61 Å². The van der Waals surface area contributed by atoms with Crippen molar-refractivity contribution in [3.8, 4) is 0 Å². The van der Waals surface area contributed by atoms with E-state index in [4.69, 9.17) is 10.6 Å². The lowest BCUT2D eigenvalue weighted by atomic mass is 10.1. The lowest BCUT2D eigenvalue weighted by molar-refractivity contribution is 0.0610. The highest BCUT2D eigenvalue weighted by Gasteiger charge is 2.10. The molecule has 1 atom stereocenters. The van der Waals surface area contributed by atoms with E-state index >= 15 is 0 Å². The predicted octanol–water partition coefficient (Wildman–Crippen LogP) is 0.406. The number of aromatic nitrogens is 2. The molecule has 78 valence electrons. The SMILES string of the molecule is CC(C)OCC(NN)c1ccnnc1. The Morgan fingerprint density at radius 1 is 1.50 bits per heavy atom. The molecule has 1 heterocycles. The molecule has 0 aliphatic rings. The first-order valence-electron chi connectivity index (χ1n) is 4.58. The third-order valence-electron chi connectivity index (χ3n) is 1.81. The van der Waals surface area contributed by atoms with Crippen LogP contribution in [0.15, 0.2) is 18.5 Å². The highest BCUT2D eigenvalue weighted by atomic mass is 16.5. The van der Waals surface area contributed by atoms with E-state index in [1.165, 1.54) is 0 Å². The van der Waals surface area contributed by atoms with Crippen molar-refractivity contribution in [2.75, 3.05) is 6.61 Å². The predicted molar refractivity (Wildman–Crippen MR) is 53.2 cm³/mol. The van der Waals surface area contributed by atoms with Gasteiger partial charge in [0.05, 0.1) is 24.9 Å². The van der Waals surface area contributed by atoms with Crippen LogP contribution in [-0.2, 0) is 4.74 Å². The normalized spacial score (nSPS) is 13.1. The molecule has 0 saturated carbocycles. The van der Waals surface area contributed by atoms with Crippen molar-refractivity contribution in [3.63, 3.8) is 0 Å². The Morgan fingerprint density at radius 2 is 2.29 bits per heavy atom. The van der Waals surface area contributed by atoms with Crippen LogP contribution in [0.5, 0.6) is 0 Å². The zero-order valence-corrected chi connectivity index (χ0v) is 8.47. The van der Waals surface area contributed by atoms with Crippen LogP contribution in [0.25, 0.3) is 0 Å². The molecule has 1 aromatic heterocycles. The Bertz CT molecular complexity index is 252. The van der Waals surface area contributed by atoms with E-state index in [0.717, 1.165) is 5.56 Å². The van der Waals surface area contributed by atoms with Gasteiger partial charge < -0.3 is 4.74 Å². The standard InChI is InChI=1S/C9H16N4O/c1-7(2)14-6-9(13-10)8-3-4-11-12-5-8/h3-5,7,9,13H,6,10H2,1-2H3. The van der Waals surface area contributed by atoms with E-state index < -0.39 is 0 Å². The number of hydrazine groups is 1. The molecule has 1 aromatic rings. The first kappa shape index (κ1) is 11.0. The van der Waals surface area contributed by atoms with Crippen LogP contribution in [-0.4, -0.2) is 22.9 Å². The summed E-state index contributed by atoms with van der Waals surface area (Å²) in [6.07, 6.45) is 3.50. The molecule has 3 N–H and O–H groups in total. The Balaban J connectivity index is 2.54. The summed E-state index contributed by atoms with van der Waals surface area (Å²) in [5.41, 5.74) is 3.66. The van der Waals surface area contributed by atoms with Crippen LogP contribution in [0.2, 0.25) is 0 Å². The number of nitrogens with zero attached hydrogens (tertiary/aromatic N) is 2. The fraction of sp³-hybridized carbons (Fsp3) is 0.556. The van der Waals surface area contributed by atoms with Gasteiger partial charge in [-0.05, 0) is 25.5 Å². The zero-order valence-electron chi connectivity index (χ0n) is 8.47. The molecule has 14 heavy (non-hydrogen) atoms. The summed E-state index contributed by atoms with van der Waals surface area (Å²) >= 11 is 0. The van der Waals surface area contributed by atoms with E-state index in [-0.39, 0.29) is 12.1 Å². The largest absolute Gasteiger partial charge is 0.377 e. The fourth-order valence-corrected chi connectivity index (χ4v) is 1.04. The number of ether oxygens (including phenoxy) is 1. The van der Waals surface area contributed by atoms with Crippen molar-refractivity contribution < 1.29 is 4.74 Å². The van der Waals surface area contributed by atoms with Crippen LogP contribution >= 0.6 is 0 Å². The second kappa shape index (κ2) is 5.64. The maximum Gasteiger partial charge on any atom is 0.0710 e. The van der Waals surface area contributed by atoms with Gasteiger partial charge >= 0.3 is 0 Å². The quantitative estimate of drug-likeness (QED) is 0.527.